The Morgan fingerprint density at radius 3 is 2.30 bits per heavy atom. The van der Waals surface area contributed by atoms with Gasteiger partial charge in [-0.25, -0.2) is 8.42 Å². The zero-order valence-corrected chi connectivity index (χ0v) is 13.1. The molecule has 0 radical (unpaired) electrons. The minimum Gasteiger partial charge on any atom is -0.398 e. The van der Waals surface area contributed by atoms with Crippen LogP contribution in [0.25, 0.3) is 0 Å². The maximum Gasteiger partial charge on any atom is 0.184 e. The molecular formula is C14H13Cl2NO2S. The van der Waals surface area contributed by atoms with Crippen LogP contribution in [0.2, 0.25) is 10.0 Å². The third-order valence-corrected chi connectivity index (χ3v) is 5.30. The predicted molar refractivity (Wildman–Crippen MR) is 82.9 cm³/mol. The SMILES string of the molecule is Cc1ccc(N)c(S(=O)(=O)Cc2c(Cl)cccc2Cl)c1. The lowest BCUT2D eigenvalue weighted by molar-refractivity contribution is 0.595. The number of anilines is 1. The van der Waals surface area contributed by atoms with Gasteiger partial charge in [0.25, 0.3) is 0 Å². The van der Waals surface area contributed by atoms with E-state index < -0.39 is 9.84 Å². The van der Waals surface area contributed by atoms with Gasteiger partial charge in [-0.2, -0.15) is 0 Å². The summed E-state index contributed by atoms with van der Waals surface area (Å²) in [7, 11) is -3.61. The molecule has 0 bridgehead atoms. The molecule has 0 saturated carbocycles. The third-order valence-electron chi connectivity index (χ3n) is 2.90. The van der Waals surface area contributed by atoms with E-state index >= 15 is 0 Å². The summed E-state index contributed by atoms with van der Waals surface area (Å²) < 4.78 is 25.0. The Hall–Kier alpha value is -1.23. The van der Waals surface area contributed by atoms with E-state index in [2.05, 4.69) is 0 Å². The van der Waals surface area contributed by atoms with E-state index in [1.807, 2.05) is 0 Å². The number of hydrogen-bond donors (Lipinski definition) is 1. The monoisotopic (exact) mass is 329 g/mol. The van der Waals surface area contributed by atoms with Crippen molar-refractivity contribution < 1.29 is 8.42 Å². The number of nitrogens with two attached hydrogens (primary N) is 1. The summed E-state index contributed by atoms with van der Waals surface area (Å²) in [5.74, 6) is -0.279. The van der Waals surface area contributed by atoms with Crippen molar-refractivity contribution in [3.8, 4) is 0 Å². The van der Waals surface area contributed by atoms with Crippen molar-refractivity contribution in [3.05, 3.63) is 57.6 Å². The van der Waals surface area contributed by atoms with Crippen LogP contribution in [0.3, 0.4) is 0 Å². The van der Waals surface area contributed by atoms with Crippen LogP contribution >= 0.6 is 23.2 Å². The molecule has 0 spiro atoms. The van der Waals surface area contributed by atoms with Crippen LogP contribution in [0, 0.1) is 6.92 Å². The van der Waals surface area contributed by atoms with Crippen LogP contribution in [0.1, 0.15) is 11.1 Å². The summed E-state index contributed by atoms with van der Waals surface area (Å²) in [5.41, 5.74) is 7.19. The van der Waals surface area contributed by atoms with E-state index in [4.69, 9.17) is 28.9 Å². The van der Waals surface area contributed by atoms with Crippen LogP contribution in [-0.2, 0) is 15.6 Å². The average molecular weight is 330 g/mol. The standard InChI is InChI=1S/C14H13Cl2NO2S/c1-9-5-6-13(17)14(7-9)20(18,19)8-10-11(15)3-2-4-12(10)16/h2-7H,8,17H2,1H3. The van der Waals surface area contributed by atoms with E-state index in [-0.39, 0.29) is 16.3 Å². The fourth-order valence-corrected chi connectivity index (χ4v) is 4.18. The minimum absolute atomic E-state index is 0.105. The van der Waals surface area contributed by atoms with Gasteiger partial charge in [0.1, 0.15) is 0 Å². The fourth-order valence-electron chi connectivity index (χ4n) is 1.85. The lowest BCUT2D eigenvalue weighted by Gasteiger charge is -2.11. The number of halogens is 2. The number of nitrogen functional groups attached to an aromatic ring is 1. The predicted octanol–water partition coefficient (Wildman–Crippen LogP) is 3.86. The molecule has 2 aromatic rings. The smallest absolute Gasteiger partial charge is 0.184 e. The molecule has 0 aliphatic carbocycles. The Labute approximate surface area is 128 Å². The van der Waals surface area contributed by atoms with E-state index in [0.29, 0.717) is 15.6 Å². The highest BCUT2D eigenvalue weighted by Crippen LogP contribution is 2.30. The molecule has 0 unspecified atom stereocenters. The van der Waals surface area contributed by atoms with Crippen molar-refractivity contribution in [2.24, 2.45) is 0 Å². The van der Waals surface area contributed by atoms with Gasteiger partial charge in [0, 0.05) is 15.6 Å². The molecule has 2 aromatic carbocycles. The van der Waals surface area contributed by atoms with Crippen LogP contribution in [0.15, 0.2) is 41.3 Å². The maximum atomic E-state index is 12.5. The molecule has 0 aliphatic rings. The normalized spacial score (nSPS) is 11.6. The van der Waals surface area contributed by atoms with Gasteiger partial charge in [-0.05, 0) is 36.8 Å². The van der Waals surface area contributed by atoms with E-state index in [0.717, 1.165) is 5.56 Å². The minimum atomic E-state index is -3.61. The molecule has 0 aliphatic heterocycles. The number of benzene rings is 2. The second kappa shape index (κ2) is 5.64. The van der Waals surface area contributed by atoms with Crippen LogP contribution in [-0.4, -0.2) is 8.42 Å². The Balaban J connectivity index is 2.49. The second-order valence-corrected chi connectivity index (χ2v) is 7.27. The summed E-state index contributed by atoms with van der Waals surface area (Å²) in [5, 5.41) is 0.652. The van der Waals surface area contributed by atoms with E-state index in [1.165, 1.54) is 0 Å². The third kappa shape index (κ3) is 3.08. The number of rotatable bonds is 3. The molecule has 0 amide bonds. The Bertz CT molecular complexity index is 738. The van der Waals surface area contributed by atoms with Crippen LogP contribution < -0.4 is 5.73 Å². The van der Waals surface area contributed by atoms with E-state index in [9.17, 15) is 8.42 Å². The average Bonchev–Trinajstić information content (AvgIpc) is 2.37. The zero-order chi connectivity index (χ0) is 14.9. The molecule has 6 heteroatoms. The maximum absolute atomic E-state index is 12.5. The highest BCUT2D eigenvalue weighted by Gasteiger charge is 2.21. The quantitative estimate of drug-likeness (QED) is 0.870. The zero-order valence-electron chi connectivity index (χ0n) is 10.7. The van der Waals surface area contributed by atoms with Gasteiger partial charge in [0.2, 0.25) is 0 Å². The summed E-state index contributed by atoms with van der Waals surface area (Å²) in [4.78, 5) is 0.105. The van der Waals surface area contributed by atoms with Gasteiger partial charge in [0.15, 0.2) is 9.84 Å². The molecule has 2 N–H and O–H groups in total. The Kier molecular flexibility index (Phi) is 4.28. The lowest BCUT2D eigenvalue weighted by atomic mass is 10.2. The van der Waals surface area contributed by atoms with E-state index in [1.54, 1.807) is 43.3 Å². The second-order valence-electron chi connectivity index (χ2n) is 4.50. The van der Waals surface area contributed by atoms with Gasteiger partial charge in [-0.3, -0.25) is 0 Å². The molecule has 0 atom stereocenters. The first-order chi connectivity index (χ1) is 9.31. The first-order valence-electron chi connectivity index (χ1n) is 5.83. The Morgan fingerprint density at radius 2 is 1.70 bits per heavy atom. The molecule has 0 saturated heterocycles. The highest BCUT2D eigenvalue weighted by atomic mass is 35.5. The van der Waals surface area contributed by atoms with Crippen LogP contribution in [0.4, 0.5) is 5.69 Å². The first-order valence-corrected chi connectivity index (χ1v) is 8.24. The molecule has 2 rings (SSSR count). The molecule has 0 aromatic heterocycles. The van der Waals surface area contributed by atoms with Crippen molar-refractivity contribution in [1.82, 2.24) is 0 Å². The largest absolute Gasteiger partial charge is 0.398 e. The van der Waals surface area contributed by atoms with Gasteiger partial charge in [-0.1, -0.05) is 35.3 Å². The van der Waals surface area contributed by atoms with Crippen molar-refractivity contribution in [1.29, 1.82) is 0 Å². The fraction of sp³-hybridized carbons (Fsp3) is 0.143. The summed E-state index contributed by atoms with van der Waals surface area (Å²) in [6, 6.07) is 9.78. The molecule has 20 heavy (non-hydrogen) atoms. The van der Waals surface area contributed by atoms with Gasteiger partial charge in [0.05, 0.1) is 16.3 Å². The number of hydrogen-bond acceptors (Lipinski definition) is 3. The van der Waals surface area contributed by atoms with Crippen molar-refractivity contribution in [2.75, 3.05) is 5.73 Å². The summed E-state index contributed by atoms with van der Waals surface area (Å²) in [6.07, 6.45) is 0. The van der Waals surface area contributed by atoms with Crippen molar-refractivity contribution >= 4 is 38.7 Å². The lowest BCUT2D eigenvalue weighted by Crippen LogP contribution is -2.09. The van der Waals surface area contributed by atoms with Gasteiger partial charge in [-0.15, -0.1) is 0 Å². The van der Waals surface area contributed by atoms with Crippen molar-refractivity contribution in [2.45, 2.75) is 17.6 Å². The van der Waals surface area contributed by atoms with Gasteiger partial charge >= 0.3 is 0 Å². The molecule has 0 fully saturated rings. The van der Waals surface area contributed by atoms with Crippen molar-refractivity contribution in [3.63, 3.8) is 0 Å². The molecular weight excluding hydrogens is 317 g/mol. The number of sulfone groups is 1. The highest BCUT2D eigenvalue weighted by molar-refractivity contribution is 7.90. The first kappa shape index (κ1) is 15.2. The molecule has 0 heterocycles. The topological polar surface area (TPSA) is 60.2 Å². The Morgan fingerprint density at radius 1 is 1.10 bits per heavy atom. The van der Waals surface area contributed by atoms with Gasteiger partial charge < -0.3 is 5.73 Å². The summed E-state index contributed by atoms with van der Waals surface area (Å²) >= 11 is 12.0. The summed E-state index contributed by atoms with van der Waals surface area (Å²) in [6.45, 7) is 1.81. The number of aryl methyl sites for hydroxylation is 1. The molecule has 3 nitrogen and oxygen atoms in total. The van der Waals surface area contributed by atoms with Crippen LogP contribution in [0.5, 0.6) is 0 Å². The molecule has 106 valence electrons.